The Morgan fingerprint density at radius 3 is 2.71 bits per heavy atom. The summed E-state index contributed by atoms with van der Waals surface area (Å²) in [5, 5.41) is 0. The number of nitrogens with zero attached hydrogens (tertiary/aromatic N) is 4. The number of piperidine rings is 1. The van der Waals surface area contributed by atoms with E-state index in [1.54, 1.807) is 0 Å². The Morgan fingerprint density at radius 2 is 1.96 bits per heavy atom. The fourth-order valence-electron chi connectivity index (χ4n) is 3.51. The van der Waals surface area contributed by atoms with E-state index >= 15 is 0 Å². The number of hydrogen-bond acceptors (Lipinski definition) is 4. The van der Waals surface area contributed by atoms with Gasteiger partial charge in [0, 0.05) is 31.9 Å². The largest absolute Gasteiger partial charge is 0.353 e. The molecule has 0 aliphatic carbocycles. The molecule has 1 unspecified atom stereocenters. The predicted octanol–water partition coefficient (Wildman–Crippen LogP) is 4.27. The number of hydrogen-bond donors (Lipinski definition) is 0. The summed E-state index contributed by atoms with van der Waals surface area (Å²) < 4.78 is 0. The van der Waals surface area contributed by atoms with Crippen LogP contribution in [0, 0.1) is 0 Å². The Morgan fingerprint density at radius 1 is 1.12 bits per heavy atom. The first-order valence-corrected chi connectivity index (χ1v) is 9.20. The molecule has 1 fully saturated rings. The monoisotopic (exact) mass is 324 g/mol. The van der Waals surface area contributed by atoms with Gasteiger partial charge in [0.15, 0.2) is 0 Å². The molecule has 0 amide bonds. The van der Waals surface area contributed by atoms with Gasteiger partial charge in [0.1, 0.15) is 5.82 Å². The second-order valence-corrected chi connectivity index (χ2v) is 6.47. The van der Waals surface area contributed by atoms with Crippen LogP contribution in [0.2, 0.25) is 0 Å². The lowest BCUT2D eigenvalue weighted by atomic mass is 10.0. The van der Waals surface area contributed by atoms with Gasteiger partial charge in [0.2, 0.25) is 5.95 Å². The maximum Gasteiger partial charge on any atom is 0.227 e. The number of anilines is 2. The summed E-state index contributed by atoms with van der Waals surface area (Å²) in [5.74, 6) is 1.91. The van der Waals surface area contributed by atoms with Gasteiger partial charge in [-0.05, 0) is 44.2 Å². The zero-order valence-electron chi connectivity index (χ0n) is 14.9. The summed E-state index contributed by atoms with van der Waals surface area (Å²) in [7, 11) is 0. The Kier molecular flexibility index (Phi) is 5.68. The third-order valence-corrected chi connectivity index (χ3v) is 4.90. The summed E-state index contributed by atoms with van der Waals surface area (Å²) in [6, 6.07) is 13.2. The van der Waals surface area contributed by atoms with Gasteiger partial charge in [0.25, 0.3) is 0 Å². The number of rotatable bonds is 6. The molecular weight excluding hydrogens is 296 g/mol. The highest BCUT2D eigenvalue weighted by atomic mass is 15.3. The van der Waals surface area contributed by atoms with E-state index in [4.69, 9.17) is 4.98 Å². The van der Waals surface area contributed by atoms with Crippen molar-refractivity contribution in [2.75, 3.05) is 22.9 Å². The quantitative estimate of drug-likeness (QED) is 0.794. The van der Waals surface area contributed by atoms with Gasteiger partial charge >= 0.3 is 0 Å². The van der Waals surface area contributed by atoms with E-state index in [-0.39, 0.29) is 0 Å². The van der Waals surface area contributed by atoms with Crippen molar-refractivity contribution in [2.45, 2.75) is 52.1 Å². The summed E-state index contributed by atoms with van der Waals surface area (Å²) in [6.45, 7) is 7.29. The van der Waals surface area contributed by atoms with Gasteiger partial charge in [-0.3, -0.25) is 0 Å². The average molecular weight is 324 g/mol. The minimum absolute atomic E-state index is 0.616. The molecule has 1 aromatic heterocycles. The molecule has 0 spiro atoms. The molecule has 0 saturated carbocycles. The van der Waals surface area contributed by atoms with Crippen LogP contribution < -0.4 is 9.80 Å². The molecule has 1 aliphatic heterocycles. The molecule has 4 heteroatoms. The van der Waals surface area contributed by atoms with E-state index in [0.717, 1.165) is 31.4 Å². The van der Waals surface area contributed by atoms with Crippen LogP contribution in [0.25, 0.3) is 0 Å². The first-order chi connectivity index (χ1) is 11.8. The van der Waals surface area contributed by atoms with Crippen molar-refractivity contribution >= 4 is 11.8 Å². The molecule has 0 radical (unpaired) electrons. The molecule has 4 nitrogen and oxygen atoms in total. The smallest absolute Gasteiger partial charge is 0.227 e. The Balaban J connectivity index is 1.80. The molecule has 1 atom stereocenters. The van der Waals surface area contributed by atoms with Crippen LogP contribution in [-0.2, 0) is 6.54 Å². The summed E-state index contributed by atoms with van der Waals surface area (Å²) in [5.41, 5.74) is 1.29. The number of aromatic nitrogens is 2. The lowest BCUT2D eigenvalue weighted by Crippen LogP contribution is -2.40. The predicted molar refractivity (Wildman–Crippen MR) is 100 cm³/mol. The zero-order chi connectivity index (χ0) is 16.8. The SMILES string of the molecule is CCC1CCCCN1c1ccnc(N(CC)Cc2ccccc2)n1. The first-order valence-electron chi connectivity index (χ1n) is 9.20. The Hall–Kier alpha value is -2.10. The van der Waals surface area contributed by atoms with Crippen molar-refractivity contribution in [3.8, 4) is 0 Å². The third-order valence-electron chi connectivity index (χ3n) is 4.90. The molecule has 24 heavy (non-hydrogen) atoms. The lowest BCUT2D eigenvalue weighted by molar-refractivity contribution is 0.446. The highest BCUT2D eigenvalue weighted by Gasteiger charge is 2.22. The summed E-state index contributed by atoms with van der Waals surface area (Å²) in [6.07, 6.45) is 6.96. The van der Waals surface area contributed by atoms with Crippen LogP contribution in [0.15, 0.2) is 42.6 Å². The molecule has 128 valence electrons. The summed E-state index contributed by atoms with van der Waals surface area (Å²) >= 11 is 0. The van der Waals surface area contributed by atoms with E-state index in [1.807, 2.05) is 6.20 Å². The van der Waals surface area contributed by atoms with Crippen LogP contribution >= 0.6 is 0 Å². The molecule has 0 N–H and O–H groups in total. The van der Waals surface area contributed by atoms with Gasteiger partial charge in [0.05, 0.1) is 0 Å². The molecule has 2 heterocycles. The molecule has 1 saturated heterocycles. The molecule has 1 aromatic carbocycles. The van der Waals surface area contributed by atoms with E-state index in [0.29, 0.717) is 6.04 Å². The van der Waals surface area contributed by atoms with Crippen molar-refractivity contribution in [3.05, 3.63) is 48.2 Å². The van der Waals surface area contributed by atoms with Crippen LogP contribution in [0.1, 0.15) is 45.1 Å². The van der Waals surface area contributed by atoms with E-state index in [2.05, 4.69) is 65.0 Å². The molecular formula is C20H28N4. The van der Waals surface area contributed by atoms with Crippen molar-refractivity contribution < 1.29 is 0 Å². The maximum absolute atomic E-state index is 4.90. The second kappa shape index (κ2) is 8.13. The average Bonchev–Trinajstić information content (AvgIpc) is 2.67. The first kappa shape index (κ1) is 16.7. The van der Waals surface area contributed by atoms with Crippen molar-refractivity contribution in [2.24, 2.45) is 0 Å². The van der Waals surface area contributed by atoms with Crippen LogP contribution in [-0.4, -0.2) is 29.1 Å². The zero-order valence-corrected chi connectivity index (χ0v) is 14.9. The highest BCUT2D eigenvalue weighted by Crippen LogP contribution is 2.26. The minimum atomic E-state index is 0.616. The van der Waals surface area contributed by atoms with Crippen LogP contribution in [0.4, 0.5) is 11.8 Å². The standard InChI is InChI=1S/C20H28N4/c1-3-18-12-8-9-15-24(18)19-13-14-21-20(22-19)23(4-2)16-17-10-6-5-7-11-17/h5-7,10-11,13-14,18H,3-4,8-9,12,15-16H2,1-2H3. The third kappa shape index (κ3) is 3.86. The topological polar surface area (TPSA) is 32.3 Å². The van der Waals surface area contributed by atoms with Gasteiger partial charge in [-0.1, -0.05) is 37.3 Å². The van der Waals surface area contributed by atoms with Crippen molar-refractivity contribution in [3.63, 3.8) is 0 Å². The molecule has 3 rings (SSSR count). The van der Waals surface area contributed by atoms with Gasteiger partial charge in [-0.15, -0.1) is 0 Å². The van der Waals surface area contributed by atoms with E-state index in [1.165, 1.54) is 31.2 Å². The second-order valence-electron chi connectivity index (χ2n) is 6.47. The Labute approximate surface area is 145 Å². The van der Waals surface area contributed by atoms with E-state index < -0.39 is 0 Å². The molecule has 2 aromatic rings. The van der Waals surface area contributed by atoms with Crippen LogP contribution in [0.3, 0.4) is 0 Å². The molecule has 1 aliphatic rings. The fraction of sp³-hybridized carbons (Fsp3) is 0.500. The van der Waals surface area contributed by atoms with Gasteiger partial charge in [-0.2, -0.15) is 4.98 Å². The van der Waals surface area contributed by atoms with Gasteiger partial charge < -0.3 is 9.80 Å². The minimum Gasteiger partial charge on any atom is -0.353 e. The fourth-order valence-corrected chi connectivity index (χ4v) is 3.51. The van der Waals surface area contributed by atoms with Crippen LogP contribution in [0.5, 0.6) is 0 Å². The highest BCUT2D eigenvalue weighted by molar-refractivity contribution is 5.45. The molecule has 0 bridgehead atoms. The van der Waals surface area contributed by atoms with Gasteiger partial charge in [-0.25, -0.2) is 4.98 Å². The lowest BCUT2D eigenvalue weighted by Gasteiger charge is -2.36. The maximum atomic E-state index is 4.90. The Bertz CT molecular complexity index is 629. The summed E-state index contributed by atoms with van der Waals surface area (Å²) in [4.78, 5) is 14.2. The number of benzene rings is 1. The van der Waals surface area contributed by atoms with E-state index in [9.17, 15) is 0 Å². The van der Waals surface area contributed by atoms with Crippen molar-refractivity contribution in [1.29, 1.82) is 0 Å². The normalized spacial score (nSPS) is 17.8. The van der Waals surface area contributed by atoms with Crippen molar-refractivity contribution in [1.82, 2.24) is 9.97 Å².